The maximum absolute atomic E-state index is 11.8. The van der Waals surface area contributed by atoms with E-state index in [9.17, 15) is 28.1 Å². The van der Waals surface area contributed by atoms with Crippen molar-refractivity contribution in [2.75, 3.05) is 13.2 Å². The molecule has 0 saturated heterocycles. The first-order valence-corrected chi connectivity index (χ1v) is 5.30. The summed E-state index contributed by atoms with van der Waals surface area (Å²) in [5, 5.41) is 22.7. The summed E-state index contributed by atoms with van der Waals surface area (Å²) in [5.74, 6) is -1.55. The third-order valence-corrected chi connectivity index (χ3v) is 2.08. The zero-order valence-electron chi connectivity index (χ0n) is 9.96. The van der Waals surface area contributed by atoms with Crippen molar-refractivity contribution in [2.24, 2.45) is 0 Å². The molecule has 0 saturated carbocycles. The Bertz CT molecular complexity index is 468. The highest BCUT2D eigenvalue weighted by Crippen LogP contribution is 2.17. The summed E-state index contributed by atoms with van der Waals surface area (Å²) >= 11 is 0. The van der Waals surface area contributed by atoms with E-state index >= 15 is 0 Å². The predicted octanol–water partition coefficient (Wildman–Crippen LogP) is 1.46. The van der Waals surface area contributed by atoms with Gasteiger partial charge in [0.15, 0.2) is 0 Å². The van der Waals surface area contributed by atoms with Crippen molar-refractivity contribution in [1.29, 1.82) is 0 Å². The summed E-state index contributed by atoms with van der Waals surface area (Å²) in [5.41, 5.74) is -1.39. The van der Waals surface area contributed by atoms with E-state index in [0.717, 1.165) is 10.9 Å². The minimum Gasteiger partial charge on any atom is -0.476 e. The Morgan fingerprint density at radius 1 is 1.55 bits per heavy atom. The second-order valence-electron chi connectivity index (χ2n) is 3.71. The molecular formula is C9H10F3N3O5. The fourth-order valence-electron chi connectivity index (χ4n) is 1.33. The monoisotopic (exact) mass is 297 g/mol. The van der Waals surface area contributed by atoms with Crippen LogP contribution in [-0.2, 0) is 11.3 Å². The second kappa shape index (κ2) is 6.32. The molecule has 0 spiro atoms. The molecule has 0 radical (unpaired) electrons. The van der Waals surface area contributed by atoms with Gasteiger partial charge in [-0.1, -0.05) is 0 Å². The standard InChI is InChI=1S/C9H10F3N3O5/c10-9(11,12)5-20-3-1-2-14-4-6(15(18)19)7(13-14)8(16)17/h4H,1-3,5H2,(H,16,17). The van der Waals surface area contributed by atoms with E-state index in [1.807, 2.05) is 0 Å². The smallest absolute Gasteiger partial charge is 0.411 e. The first kappa shape index (κ1) is 15.9. The highest BCUT2D eigenvalue weighted by atomic mass is 19.4. The normalized spacial score (nSPS) is 11.6. The van der Waals surface area contributed by atoms with Crippen molar-refractivity contribution >= 4 is 11.7 Å². The average molecular weight is 297 g/mol. The Morgan fingerprint density at radius 2 is 2.20 bits per heavy atom. The highest BCUT2D eigenvalue weighted by Gasteiger charge is 2.27. The molecule has 0 aliphatic heterocycles. The Hall–Kier alpha value is -2.17. The molecule has 0 aliphatic carbocycles. The number of nitrogens with zero attached hydrogens (tertiary/aromatic N) is 3. The van der Waals surface area contributed by atoms with Gasteiger partial charge in [-0.25, -0.2) is 4.79 Å². The summed E-state index contributed by atoms with van der Waals surface area (Å²) < 4.78 is 40.6. The van der Waals surface area contributed by atoms with E-state index in [1.54, 1.807) is 0 Å². The number of ether oxygens (including phenoxy) is 1. The van der Waals surface area contributed by atoms with E-state index < -0.39 is 35.1 Å². The maximum Gasteiger partial charge on any atom is 0.411 e. The van der Waals surface area contributed by atoms with Gasteiger partial charge in [-0.3, -0.25) is 14.8 Å². The summed E-state index contributed by atoms with van der Waals surface area (Å²) in [4.78, 5) is 20.4. The highest BCUT2D eigenvalue weighted by molar-refractivity contribution is 5.89. The van der Waals surface area contributed by atoms with Gasteiger partial charge in [0.1, 0.15) is 12.8 Å². The van der Waals surface area contributed by atoms with Gasteiger partial charge in [0, 0.05) is 13.2 Å². The van der Waals surface area contributed by atoms with Crippen LogP contribution >= 0.6 is 0 Å². The van der Waals surface area contributed by atoms with Crippen molar-refractivity contribution in [3.8, 4) is 0 Å². The van der Waals surface area contributed by atoms with E-state index in [1.165, 1.54) is 0 Å². The largest absolute Gasteiger partial charge is 0.476 e. The third kappa shape index (κ3) is 4.84. The molecule has 0 bridgehead atoms. The lowest BCUT2D eigenvalue weighted by molar-refractivity contribution is -0.385. The van der Waals surface area contributed by atoms with Crippen molar-refractivity contribution in [3.05, 3.63) is 22.0 Å². The molecule has 0 unspecified atom stereocenters. The van der Waals surface area contributed by atoms with Gasteiger partial charge in [0.2, 0.25) is 5.69 Å². The van der Waals surface area contributed by atoms with E-state index in [4.69, 9.17) is 5.11 Å². The molecule has 1 N–H and O–H groups in total. The zero-order valence-corrected chi connectivity index (χ0v) is 9.96. The number of aromatic carboxylic acids is 1. The van der Waals surface area contributed by atoms with Crippen LogP contribution in [0, 0.1) is 10.1 Å². The van der Waals surface area contributed by atoms with Gasteiger partial charge >= 0.3 is 17.8 Å². The molecule has 20 heavy (non-hydrogen) atoms. The van der Waals surface area contributed by atoms with E-state index in [2.05, 4.69) is 9.84 Å². The quantitative estimate of drug-likeness (QED) is 0.463. The van der Waals surface area contributed by atoms with Crippen LogP contribution in [0.1, 0.15) is 16.9 Å². The maximum atomic E-state index is 11.8. The average Bonchev–Trinajstić information content (AvgIpc) is 2.71. The van der Waals surface area contributed by atoms with Gasteiger partial charge in [-0.15, -0.1) is 0 Å². The molecule has 0 atom stereocenters. The van der Waals surface area contributed by atoms with Crippen molar-refractivity contribution in [1.82, 2.24) is 9.78 Å². The Kier molecular flexibility index (Phi) is 5.02. The van der Waals surface area contributed by atoms with Crippen LogP contribution in [0.4, 0.5) is 18.9 Å². The number of aromatic nitrogens is 2. The minimum atomic E-state index is -4.42. The first-order valence-electron chi connectivity index (χ1n) is 5.30. The third-order valence-electron chi connectivity index (χ3n) is 2.08. The number of rotatable bonds is 7. The Balaban J connectivity index is 2.51. The number of hydrogen-bond acceptors (Lipinski definition) is 5. The molecule has 11 heteroatoms. The van der Waals surface area contributed by atoms with Crippen molar-refractivity contribution in [3.63, 3.8) is 0 Å². The molecule has 8 nitrogen and oxygen atoms in total. The van der Waals surface area contributed by atoms with Crippen LogP contribution in [0.2, 0.25) is 0 Å². The van der Waals surface area contributed by atoms with Gasteiger partial charge in [-0.2, -0.15) is 18.3 Å². The lowest BCUT2D eigenvalue weighted by Crippen LogP contribution is -2.17. The Labute approximate surface area is 109 Å². The van der Waals surface area contributed by atoms with Crippen molar-refractivity contribution < 1.29 is 32.7 Å². The summed E-state index contributed by atoms with van der Waals surface area (Å²) in [7, 11) is 0. The fraction of sp³-hybridized carbons (Fsp3) is 0.556. The van der Waals surface area contributed by atoms with Gasteiger partial charge in [-0.05, 0) is 6.42 Å². The molecule has 0 fully saturated rings. The summed E-state index contributed by atoms with van der Waals surface area (Å²) in [6.07, 6.45) is -3.40. The van der Waals surface area contributed by atoms with Crippen molar-refractivity contribution in [2.45, 2.75) is 19.1 Å². The second-order valence-corrected chi connectivity index (χ2v) is 3.71. The summed E-state index contributed by atoms with van der Waals surface area (Å²) in [6, 6.07) is 0. The molecule has 1 aromatic rings. The van der Waals surface area contributed by atoms with Crippen LogP contribution < -0.4 is 0 Å². The summed E-state index contributed by atoms with van der Waals surface area (Å²) in [6.45, 7) is -1.60. The zero-order chi connectivity index (χ0) is 15.3. The van der Waals surface area contributed by atoms with Crippen LogP contribution in [0.25, 0.3) is 0 Å². The molecule has 0 amide bonds. The molecule has 112 valence electrons. The van der Waals surface area contributed by atoms with E-state index in [-0.39, 0.29) is 19.6 Å². The van der Waals surface area contributed by atoms with E-state index in [0.29, 0.717) is 0 Å². The van der Waals surface area contributed by atoms with Gasteiger partial charge < -0.3 is 9.84 Å². The molecule has 0 aromatic carbocycles. The van der Waals surface area contributed by atoms with Crippen LogP contribution in [0.3, 0.4) is 0 Å². The number of hydrogen-bond donors (Lipinski definition) is 1. The number of nitro groups is 1. The van der Waals surface area contributed by atoms with Crippen LogP contribution in [-0.4, -0.2) is 45.2 Å². The molecule has 0 aliphatic rings. The molecule has 1 heterocycles. The van der Waals surface area contributed by atoms with Crippen LogP contribution in [0.5, 0.6) is 0 Å². The first-order chi connectivity index (χ1) is 9.20. The SMILES string of the molecule is O=C(O)c1nn(CCCOCC(F)(F)F)cc1[N+](=O)[O-]. The van der Waals surface area contributed by atoms with Crippen LogP contribution in [0.15, 0.2) is 6.20 Å². The number of alkyl halides is 3. The minimum absolute atomic E-state index is 0.00593. The lowest BCUT2D eigenvalue weighted by atomic mass is 10.4. The van der Waals surface area contributed by atoms with Gasteiger partial charge in [0.25, 0.3) is 0 Å². The predicted molar refractivity (Wildman–Crippen MR) is 57.3 cm³/mol. The fourth-order valence-corrected chi connectivity index (χ4v) is 1.33. The number of carboxylic acids is 1. The molecule has 1 aromatic heterocycles. The molecule has 1 rings (SSSR count). The number of halogens is 3. The Morgan fingerprint density at radius 3 is 2.65 bits per heavy atom. The number of aryl methyl sites for hydroxylation is 1. The lowest BCUT2D eigenvalue weighted by Gasteiger charge is -2.07. The molecular weight excluding hydrogens is 287 g/mol. The number of carbonyl (C=O) groups is 1. The topological polar surface area (TPSA) is 107 Å². The number of carboxylic acid groups (broad SMARTS) is 1. The van der Waals surface area contributed by atoms with Gasteiger partial charge in [0.05, 0.1) is 4.92 Å².